The summed E-state index contributed by atoms with van der Waals surface area (Å²) >= 11 is 0. The molecule has 12 heteroatoms. The van der Waals surface area contributed by atoms with E-state index in [4.69, 9.17) is 13.7 Å². The van der Waals surface area contributed by atoms with Crippen LogP contribution < -0.4 is 0 Å². The van der Waals surface area contributed by atoms with Crippen molar-refractivity contribution in [3.63, 3.8) is 0 Å². The summed E-state index contributed by atoms with van der Waals surface area (Å²) in [6.07, 6.45) is 0.488. The molecule has 126 valence electrons. The van der Waals surface area contributed by atoms with Crippen molar-refractivity contribution in [2.75, 3.05) is 17.3 Å². The third-order valence-electron chi connectivity index (χ3n) is 3.54. The predicted molar refractivity (Wildman–Crippen MR) is 73.6 cm³/mol. The highest BCUT2D eigenvalue weighted by Gasteiger charge is 2.36. The molecule has 0 aromatic carbocycles. The van der Waals surface area contributed by atoms with E-state index in [9.17, 15) is 25.3 Å². The Morgan fingerprint density at radius 3 is 1.52 bits per heavy atom. The molecule has 1 unspecified atom stereocenters. The van der Waals surface area contributed by atoms with Crippen molar-refractivity contribution >= 4 is 30.4 Å². The Bertz CT molecular complexity index is 661. The van der Waals surface area contributed by atoms with Crippen LogP contribution in [0.15, 0.2) is 0 Å². The van der Waals surface area contributed by atoms with E-state index in [1.54, 1.807) is 0 Å². The summed E-state index contributed by atoms with van der Waals surface area (Å²) in [6, 6.07) is 0. The lowest BCUT2D eigenvalue weighted by molar-refractivity contribution is 0.218. The monoisotopic (exact) mass is 366 g/mol. The Morgan fingerprint density at radius 1 is 0.667 bits per heavy atom. The summed E-state index contributed by atoms with van der Waals surface area (Å²) in [5.74, 6) is -3.93. The van der Waals surface area contributed by atoms with E-state index >= 15 is 0 Å². The van der Waals surface area contributed by atoms with Gasteiger partial charge in [0.15, 0.2) is 0 Å². The number of rotatable bonds is 6. The lowest BCUT2D eigenvalue weighted by atomic mass is 9.76. The van der Waals surface area contributed by atoms with Crippen molar-refractivity contribution in [1.82, 2.24) is 0 Å². The highest BCUT2D eigenvalue weighted by atomic mass is 32.2. The van der Waals surface area contributed by atoms with Crippen LogP contribution in [0.4, 0.5) is 0 Å². The van der Waals surface area contributed by atoms with Crippen LogP contribution in [-0.4, -0.2) is 56.2 Å². The first-order valence-corrected chi connectivity index (χ1v) is 10.9. The first-order chi connectivity index (χ1) is 9.25. The predicted octanol–water partition coefficient (Wildman–Crippen LogP) is -0.318. The zero-order chi connectivity index (χ0) is 16.5. The van der Waals surface area contributed by atoms with Crippen LogP contribution in [0.1, 0.15) is 19.3 Å². The molecule has 0 aromatic heterocycles. The molecular formula is C9H18O9S3. The molecule has 1 aliphatic carbocycles. The van der Waals surface area contributed by atoms with Gasteiger partial charge in [-0.2, -0.15) is 25.3 Å². The largest absolute Gasteiger partial charge is 0.286 e. The van der Waals surface area contributed by atoms with E-state index < -0.39 is 65.4 Å². The highest BCUT2D eigenvalue weighted by Crippen LogP contribution is 2.36. The van der Waals surface area contributed by atoms with Crippen molar-refractivity contribution in [2.24, 2.45) is 17.8 Å². The van der Waals surface area contributed by atoms with Crippen molar-refractivity contribution in [1.29, 1.82) is 0 Å². The van der Waals surface area contributed by atoms with Crippen LogP contribution in [0.5, 0.6) is 0 Å². The van der Waals surface area contributed by atoms with Gasteiger partial charge in [-0.15, -0.1) is 0 Å². The van der Waals surface area contributed by atoms with Crippen molar-refractivity contribution in [3.8, 4) is 0 Å². The van der Waals surface area contributed by atoms with E-state index in [2.05, 4.69) is 0 Å². The lowest BCUT2D eigenvalue weighted by Gasteiger charge is -2.34. The Balaban J connectivity index is 2.88. The molecule has 0 spiro atoms. The number of hydrogen-bond donors (Lipinski definition) is 3. The third-order valence-corrected chi connectivity index (χ3v) is 6.14. The molecule has 1 fully saturated rings. The maximum atomic E-state index is 11.0. The molecule has 21 heavy (non-hydrogen) atoms. The fraction of sp³-hybridized carbons (Fsp3) is 1.00. The molecule has 3 N–H and O–H groups in total. The average molecular weight is 366 g/mol. The Hall–Kier alpha value is -0.270. The SMILES string of the molecule is O=S(=O)(O)CC1CC[C@H](CS(=O)(=O)O)C[C@H]1CS(=O)(=O)O. The quantitative estimate of drug-likeness (QED) is 0.534. The molecule has 9 nitrogen and oxygen atoms in total. The van der Waals surface area contributed by atoms with Crippen molar-refractivity contribution < 1.29 is 38.9 Å². The second-order valence-electron chi connectivity index (χ2n) is 5.44. The Labute approximate surface area is 124 Å². The third kappa shape index (κ3) is 8.07. The first-order valence-electron chi connectivity index (χ1n) is 6.10. The summed E-state index contributed by atoms with van der Waals surface area (Å²) in [7, 11) is -12.9. The summed E-state index contributed by atoms with van der Waals surface area (Å²) in [5.41, 5.74) is 0. The fourth-order valence-electron chi connectivity index (χ4n) is 2.84. The molecule has 1 rings (SSSR count). The second-order valence-corrected chi connectivity index (χ2v) is 9.94. The molecular weight excluding hydrogens is 348 g/mol. The summed E-state index contributed by atoms with van der Waals surface area (Å²) in [4.78, 5) is 0. The van der Waals surface area contributed by atoms with Crippen LogP contribution in [0, 0.1) is 17.8 Å². The lowest BCUT2D eigenvalue weighted by Crippen LogP contribution is -2.36. The topological polar surface area (TPSA) is 163 Å². The van der Waals surface area contributed by atoms with Gasteiger partial charge in [0, 0.05) is 0 Å². The first kappa shape index (κ1) is 18.8. The van der Waals surface area contributed by atoms with Crippen LogP contribution in [0.2, 0.25) is 0 Å². The van der Waals surface area contributed by atoms with Gasteiger partial charge in [-0.3, -0.25) is 13.7 Å². The van der Waals surface area contributed by atoms with Gasteiger partial charge in [-0.05, 0) is 37.0 Å². The van der Waals surface area contributed by atoms with E-state index in [1.165, 1.54) is 0 Å². The molecule has 0 saturated heterocycles. The zero-order valence-corrected chi connectivity index (χ0v) is 13.4. The van der Waals surface area contributed by atoms with Crippen LogP contribution in [-0.2, 0) is 30.4 Å². The van der Waals surface area contributed by atoms with Gasteiger partial charge in [0.25, 0.3) is 30.4 Å². The summed E-state index contributed by atoms with van der Waals surface area (Å²) < 4.78 is 92.1. The molecule has 1 aliphatic rings. The summed E-state index contributed by atoms with van der Waals surface area (Å²) in [5, 5.41) is 0. The van der Waals surface area contributed by atoms with Crippen molar-refractivity contribution in [3.05, 3.63) is 0 Å². The van der Waals surface area contributed by atoms with Crippen LogP contribution >= 0.6 is 0 Å². The van der Waals surface area contributed by atoms with Crippen LogP contribution in [0.3, 0.4) is 0 Å². The molecule has 0 bridgehead atoms. The standard InChI is InChI=1S/C9H18O9S3/c10-19(11,12)4-7-1-2-8(5-20(13,14)15)9(3-7)6-21(16,17)18/h7-9H,1-6H2,(H,10,11,12)(H,13,14,15)(H,16,17,18)/t7-,8?,9-/m0/s1. The number of hydrogen-bond acceptors (Lipinski definition) is 6. The molecule has 0 heterocycles. The molecule has 1 saturated carbocycles. The van der Waals surface area contributed by atoms with Gasteiger partial charge in [-0.1, -0.05) is 0 Å². The Morgan fingerprint density at radius 2 is 1.10 bits per heavy atom. The van der Waals surface area contributed by atoms with Gasteiger partial charge in [0.1, 0.15) is 0 Å². The molecule has 0 radical (unpaired) electrons. The highest BCUT2D eigenvalue weighted by molar-refractivity contribution is 7.86. The van der Waals surface area contributed by atoms with Crippen molar-refractivity contribution in [2.45, 2.75) is 19.3 Å². The van der Waals surface area contributed by atoms with Gasteiger partial charge < -0.3 is 0 Å². The molecule has 0 amide bonds. The minimum absolute atomic E-state index is 0.0275. The van der Waals surface area contributed by atoms with Gasteiger partial charge >= 0.3 is 0 Å². The van der Waals surface area contributed by atoms with Gasteiger partial charge in [-0.25, -0.2) is 0 Å². The summed E-state index contributed by atoms with van der Waals surface area (Å²) in [6.45, 7) is 0. The van der Waals surface area contributed by atoms with Crippen LogP contribution in [0.25, 0.3) is 0 Å². The zero-order valence-electron chi connectivity index (χ0n) is 11.0. The minimum Gasteiger partial charge on any atom is -0.286 e. The maximum absolute atomic E-state index is 11.0. The van der Waals surface area contributed by atoms with Gasteiger partial charge in [0.2, 0.25) is 0 Å². The smallest absolute Gasteiger partial charge is 0.265 e. The Kier molecular flexibility index (Phi) is 5.78. The van der Waals surface area contributed by atoms with E-state index in [0.29, 0.717) is 0 Å². The normalized spacial score (nSPS) is 28.4. The minimum atomic E-state index is -4.37. The average Bonchev–Trinajstić information content (AvgIpc) is 2.15. The molecule has 0 aliphatic heterocycles. The molecule has 0 aromatic rings. The van der Waals surface area contributed by atoms with E-state index in [0.717, 1.165) is 0 Å². The maximum Gasteiger partial charge on any atom is 0.265 e. The van der Waals surface area contributed by atoms with E-state index in [1.807, 2.05) is 0 Å². The van der Waals surface area contributed by atoms with E-state index in [-0.39, 0.29) is 19.3 Å². The molecule has 3 atom stereocenters. The second kappa shape index (κ2) is 6.46. The fourth-order valence-corrected chi connectivity index (χ4v) is 5.67. The van der Waals surface area contributed by atoms with Gasteiger partial charge in [0.05, 0.1) is 17.3 Å².